The molecule has 0 saturated carbocycles. The van der Waals surface area contributed by atoms with E-state index in [1.165, 1.54) is 0 Å². The molecule has 0 amide bonds. The van der Waals surface area contributed by atoms with Crippen LogP contribution >= 0.6 is 0 Å². The van der Waals surface area contributed by atoms with Gasteiger partial charge in [-0.2, -0.15) is 0 Å². The Morgan fingerprint density at radius 1 is 1.00 bits per heavy atom. The van der Waals surface area contributed by atoms with E-state index in [4.69, 9.17) is 9.15 Å². The Hall–Kier alpha value is -0.860. The Bertz CT molecular complexity index is 66.2. The molecule has 0 aliphatic rings. The van der Waals surface area contributed by atoms with E-state index in [1.807, 2.05) is 24.5 Å². The molecular formula is C4H5F2N. The van der Waals surface area contributed by atoms with E-state index in [9.17, 15) is 0 Å². The van der Waals surface area contributed by atoms with Crippen molar-refractivity contribution < 1.29 is 9.15 Å². The molecule has 0 bridgehead atoms. The van der Waals surface area contributed by atoms with Crippen molar-refractivity contribution in [1.29, 1.82) is 0 Å². The Morgan fingerprint density at radius 3 is 1.57 bits per heavy atom. The molecule has 0 unspecified atom stereocenters. The van der Waals surface area contributed by atoms with Crippen molar-refractivity contribution in [2.45, 2.75) is 0 Å². The predicted molar refractivity (Wildman–Crippen MR) is 23.0 cm³/mol. The first-order valence-corrected chi connectivity index (χ1v) is 1.72. The fourth-order valence-electron chi connectivity index (χ4n) is 0.278. The summed E-state index contributed by atoms with van der Waals surface area (Å²) in [6.07, 6.45) is 3.75. The normalized spacial score (nSPS) is 6.57. The Balaban J connectivity index is 0.000000162. The van der Waals surface area contributed by atoms with Gasteiger partial charge in [-0.1, -0.05) is 0 Å². The van der Waals surface area contributed by atoms with Crippen LogP contribution in [0.3, 0.4) is 0 Å². The van der Waals surface area contributed by atoms with Gasteiger partial charge < -0.3 is 4.98 Å². The van der Waals surface area contributed by atoms with Crippen LogP contribution in [-0.4, -0.2) is 4.98 Å². The highest BCUT2D eigenvalue weighted by molar-refractivity contribution is 4.84. The van der Waals surface area contributed by atoms with Gasteiger partial charge in [-0.3, -0.25) is 0 Å². The van der Waals surface area contributed by atoms with Crippen LogP contribution in [0.2, 0.25) is 0 Å². The Morgan fingerprint density at radius 2 is 1.43 bits per heavy atom. The number of rotatable bonds is 0. The van der Waals surface area contributed by atoms with Crippen LogP contribution < -0.4 is 0 Å². The van der Waals surface area contributed by atoms with Crippen molar-refractivity contribution >= 4 is 0 Å². The highest BCUT2D eigenvalue weighted by Gasteiger charge is 1.55. The van der Waals surface area contributed by atoms with Gasteiger partial charge in [0.25, 0.3) is 0 Å². The number of halogens is 2. The molecule has 1 aromatic heterocycles. The Kier molecular flexibility index (Phi) is 4.51. The highest BCUT2D eigenvalue weighted by Crippen LogP contribution is 1.72. The lowest BCUT2D eigenvalue weighted by Crippen LogP contribution is -1.38. The summed E-state index contributed by atoms with van der Waals surface area (Å²) in [5.74, 6) is 0. The molecule has 1 rings (SSSR count). The fourth-order valence-corrected chi connectivity index (χ4v) is 0.278. The zero-order valence-corrected chi connectivity index (χ0v) is 3.57. The molecule has 7 heavy (non-hydrogen) atoms. The molecule has 0 aliphatic heterocycles. The standard InChI is InChI=1S/C4H5N.F2/c1-2-4-5-3-1;1-2/h1-5H;. The second-order valence-electron chi connectivity index (χ2n) is 0.885. The van der Waals surface area contributed by atoms with Gasteiger partial charge in [-0.15, -0.1) is 0 Å². The van der Waals surface area contributed by atoms with Crippen LogP contribution in [0.4, 0.5) is 9.15 Å². The maximum Gasteiger partial charge on any atom is 0.000496 e. The number of aromatic nitrogens is 1. The van der Waals surface area contributed by atoms with Crippen LogP contribution in [0.1, 0.15) is 0 Å². The summed E-state index contributed by atoms with van der Waals surface area (Å²) in [4.78, 5) is 2.86. The van der Waals surface area contributed by atoms with E-state index in [0.29, 0.717) is 0 Å². The van der Waals surface area contributed by atoms with Crippen molar-refractivity contribution in [3.8, 4) is 0 Å². The summed E-state index contributed by atoms with van der Waals surface area (Å²) in [6.45, 7) is 0. The van der Waals surface area contributed by atoms with Crippen LogP contribution in [0, 0.1) is 0 Å². The van der Waals surface area contributed by atoms with Crippen LogP contribution in [0.15, 0.2) is 24.5 Å². The summed E-state index contributed by atoms with van der Waals surface area (Å²) >= 11 is 0. The van der Waals surface area contributed by atoms with Crippen LogP contribution in [0.5, 0.6) is 0 Å². The third-order valence-electron chi connectivity index (χ3n) is 0.496. The number of hydrogen-bond acceptors (Lipinski definition) is 0. The SMILES string of the molecule is FF.c1cc[nH]c1. The van der Waals surface area contributed by atoms with Gasteiger partial charge in [-0.05, 0) is 12.1 Å². The molecule has 1 aromatic rings. The Labute approximate surface area is 39.8 Å². The maximum atomic E-state index is 8.00. The first kappa shape index (κ1) is 6.14. The molecule has 0 atom stereocenters. The van der Waals surface area contributed by atoms with Gasteiger partial charge in [0.2, 0.25) is 0 Å². The van der Waals surface area contributed by atoms with Crippen LogP contribution in [0.25, 0.3) is 0 Å². The van der Waals surface area contributed by atoms with E-state index < -0.39 is 0 Å². The molecule has 0 saturated heterocycles. The van der Waals surface area contributed by atoms with Crippen molar-refractivity contribution in [3.05, 3.63) is 24.5 Å². The lowest BCUT2D eigenvalue weighted by Gasteiger charge is -1.49. The van der Waals surface area contributed by atoms with Gasteiger partial charge >= 0.3 is 0 Å². The monoisotopic (exact) mass is 105 g/mol. The lowest BCUT2D eigenvalue weighted by atomic mass is 10.7. The molecular weight excluding hydrogens is 100 g/mol. The predicted octanol–water partition coefficient (Wildman–Crippen LogP) is 1.86. The van der Waals surface area contributed by atoms with Crippen molar-refractivity contribution in [1.82, 2.24) is 4.98 Å². The van der Waals surface area contributed by atoms with E-state index >= 15 is 0 Å². The molecule has 1 heterocycles. The molecule has 1 nitrogen and oxygen atoms in total. The summed E-state index contributed by atoms with van der Waals surface area (Å²) < 4.78 is 16.0. The number of aromatic amines is 1. The minimum Gasteiger partial charge on any atom is -0.368 e. The van der Waals surface area contributed by atoms with Crippen molar-refractivity contribution in [3.63, 3.8) is 0 Å². The smallest absolute Gasteiger partial charge is 0.000496 e. The number of hydrogen-bond donors (Lipinski definition) is 1. The first-order chi connectivity index (χ1) is 3.50. The van der Waals surface area contributed by atoms with Gasteiger partial charge in [0.15, 0.2) is 0 Å². The molecule has 40 valence electrons. The molecule has 0 radical (unpaired) electrons. The minimum atomic E-state index is 1.88. The van der Waals surface area contributed by atoms with Gasteiger partial charge in [0.05, 0.1) is 0 Å². The quantitative estimate of drug-likeness (QED) is 0.518. The molecule has 3 heteroatoms. The van der Waals surface area contributed by atoms with E-state index in [-0.39, 0.29) is 0 Å². The molecule has 0 fully saturated rings. The van der Waals surface area contributed by atoms with Crippen molar-refractivity contribution in [2.75, 3.05) is 0 Å². The number of H-pyrrole nitrogens is 1. The average Bonchev–Trinajstić information content (AvgIpc) is 2.23. The van der Waals surface area contributed by atoms with Gasteiger partial charge in [0.1, 0.15) is 0 Å². The molecule has 0 spiro atoms. The fraction of sp³-hybridized carbons (Fsp3) is 0. The summed E-state index contributed by atoms with van der Waals surface area (Å²) in [5.41, 5.74) is 0. The second kappa shape index (κ2) is 5.14. The van der Waals surface area contributed by atoms with Crippen LogP contribution in [-0.2, 0) is 0 Å². The third-order valence-corrected chi connectivity index (χ3v) is 0.496. The largest absolute Gasteiger partial charge is 0.368 e. The lowest BCUT2D eigenvalue weighted by molar-refractivity contribution is 0.108. The molecule has 0 aromatic carbocycles. The maximum absolute atomic E-state index is 8.00. The third kappa shape index (κ3) is 2.96. The summed E-state index contributed by atoms with van der Waals surface area (Å²) in [6, 6.07) is 3.89. The van der Waals surface area contributed by atoms with E-state index in [0.717, 1.165) is 0 Å². The molecule has 0 aliphatic carbocycles. The number of nitrogens with one attached hydrogen (secondary N) is 1. The van der Waals surface area contributed by atoms with E-state index in [1.54, 1.807) is 0 Å². The van der Waals surface area contributed by atoms with Gasteiger partial charge in [0, 0.05) is 21.5 Å². The summed E-state index contributed by atoms with van der Waals surface area (Å²) in [5, 5.41) is 0. The zero-order valence-electron chi connectivity index (χ0n) is 3.57. The topological polar surface area (TPSA) is 15.8 Å². The summed E-state index contributed by atoms with van der Waals surface area (Å²) in [7, 11) is 0. The first-order valence-electron chi connectivity index (χ1n) is 1.72. The average molecular weight is 105 g/mol. The van der Waals surface area contributed by atoms with Crippen molar-refractivity contribution in [2.24, 2.45) is 0 Å². The van der Waals surface area contributed by atoms with E-state index in [2.05, 4.69) is 4.98 Å². The van der Waals surface area contributed by atoms with Gasteiger partial charge in [-0.25, -0.2) is 0 Å². The molecule has 1 N–H and O–H groups in total. The zero-order chi connectivity index (χ0) is 5.54. The minimum absolute atomic E-state index is 1.88. The highest BCUT2D eigenvalue weighted by atomic mass is 20.0. The second-order valence-corrected chi connectivity index (χ2v) is 0.885.